The molecule has 0 bridgehead atoms. The monoisotopic (exact) mass is 444 g/mol. The summed E-state index contributed by atoms with van der Waals surface area (Å²) < 4.78 is 19.8. The third kappa shape index (κ3) is 4.29. The van der Waals surface area contributed by atoms with E-state index in [0.29, 0.717) is 22.5 Å². The largest absolute Gasteiger partial charge is 0.496 e. The molecule has 2 aromatic carbocycles. The minimum absolute atomic E-state index is 0.234. The molecule has 1 saturated heterocycles. The number of nitrogens with one attached hydrogen (secondary N) is 1. The van der Waals surface area contributed by atoms with Crippen LogP contribution in [0.3, 0.4) is 0 Å². The number of fused-ring (bicyclic) bond motifs is 1. The minimum Gasteiger partial charge on any atom is -0.496 e. The molecule has 0 radical (unpaired) electrons. The maximum absolute atomic E-state index is 14.5. The fourth-order valence-electron chi connectivity index (χ4n) is 4.00. The summed E-state index contributed by atoms with van der Waals surface area (Å²) in [4.78, 5) is 13.6. The van der Waals surface area contributed by atoms with Crippen molar-refractivity contribution < 1.29 is 9.13 Å². The summed E-state index contributed by atoms with van der Waals surface area (Å²) >= 11 is 0. The van der Waals surface area contributed by atoms with Gasteiger partial charge < -0.3 is 14.5 Å². The van der Waals surface area contributed by atoms with E-state index in [2.05, 4.69) is 61.3 Å². The molecule has 1 aliphatic heterocycles. The lowest BCUT2D eigenvalue weighted by Gasteiger charge is -2.34. The van der Waals surface area contributed by atoms with Crippen LogP contribution in [0.15, 0.2) is 48.7 Å². The average molecular weight is 445 g/mol. The van der Waals surface area contributed by atoms with Crippen molar-refractivity contribution in [1.82, 2.24) is 25.1 Å². The number of halogens is 1. The molecule has 0 spiro atoms. The van der Waals surface area contributed by atoms with E-state index in [0.717, 1.165) is 31.7 Å². The Bertz CT molecular complexity index is 1290. The van der Waals surface area contributed by atoms with Crippen LogP contribution in [-0.4, -0.2) is 65.4 Å². The van der Waals surface area contributed by atoms with Crippen molar-refractivity contribution in [3.63, 3.8) is 0 Å². The summed E-state index contributed by atoms with van der Waals surface area (Å²) in [6.07, 6.45) is 5.51. The molecule has 7 nitrogen and oxygen atoms in total. The van der Waals surface area contributed by atoms with Crippen molar-refractivity contribution in [2.45, 2.75) is 0 Å². The van der Waals surface area contributed by atoms with Crippen molar-refractivity contribution in [3.05, 3.63) is 65.7 Å². The fraction of sp³-hybridized carbons (Fsp3) is 0.240. The van der Waals surface area contributed by atoms with E-state index in [-0.39, 0.29) is 11.4 Å². The number of ether oxygens (including phenoxy) is 1. The van der Waals surface area contributed by atoms with Crippen LogP contribution in [0.4, 0.5) is 10.1 Å². The first-order valence-electron chi connectivity index (χ1n) is 10.9. The van der Waals surface area contributed by atoms with E-state index >= 15 is 0 Å². The normalized spacial score (nSPS) is 14.9. The van der Waals surface area contributed by atoms with Gasteiger partial charge >= 0.3 is 0 Å². The molecule has 5 rings (SSSR count). The molecule has 3 heterocycles. The number of rotatable bonds is 5. The molecule has 4 aromatic rings. The molecule has 0 aliphatic carbocycles. The van der Waals surface area contributed by atoms with Crippen LogP contribution in [0.2, 0.25) is 0 Å². The zero-order valence-electron chi connectivity index (χ0n) is 18.6. The Morgan fingerprint density at radius 3 is 2.58 bits per heavy atom. The second kappa shape index (κ2) is 8.99. The summed E-state index contributed by atoms with van der Waals surface area (Å²) in [5, 5.41) is 7.30. The molecule has 0 atom stereocenters. The number of hydrogen-bond donors (Lipinski definition) is 1. The van der Waals surface area contributed by atoms with E-state index in [1.807, 2.05) is 12.2 Å². The highest BCUT2D eigenvalue weighted by molar-refractivity contribution is 5.87. The summed E-state index contributed by atoms with van der Waals surface area (Å²) in [6.45, 7) is 4.24. The fourth-order valence-corrected chi connectivity index (χ4v) is 4.00. The van der Waals surface area contributed by atoms with Crippen molar-refractivity contribution in [2.75, 3.05) is 45.2 Å². The highest BCUT2D eigenvalue weighted by atomic mass is 19.1. The Hall–Kier alpha value is -3.78. The number of methoxy groups -OCH3 is 1. The predicted molar refractivity (Wildman–Crippen MR) is 129 cm³/mol. The average Bonchev–Trinajstić information content (AvgIpc) is 3.25. The van der Waals surface area contributed by atoms with E-state index in [1.165, 1.54) is 18.9 Å². The summed E-state index contributed by atoms with van der Waals surface area (Å²) in [5.41, 5.74) is 4.50. The quantitative estimate of drug-likeness (QED) is 0.500. The van der Waals surface area contributed by atoms with Gasteiger partial charge in [0.1, 0.15) is 28.3 Å². The molecular formula is C25H25FN6O. The van der Waals surface area contributed by atoms with Crippen molar-refractivity contribution in [1.29, 1.82) is 0 Å². The van der Waals surface area contributed by atoms with Crippen molar-refractivity contribution in [2.24, 2.45) is 0 Å². The molecular weight excluding hydrogens is 419 g/mol. The number of nitrogens with zero attached hydrogens (tertiary/aromatic N) is 5. The van der Waals surface area contributed by atoms with Gasteiger partial charge in [-0.05, 0) is 43.0 Å². The van der Waals surface area contributed by atoms with Crippen LogP contribution in [0, 0.1) is 5.82 Å². The van der Waals surface area contributed by atoms with E-state index in [1.54, 1.807) is 18.3 Å². The molecule has 1 aliphatic rings. The lowest BCUT2D eigenvalue weighted by atomic mass is 10.1. The topological polar surface area (TPSA) is 70.2 Å². The van der Waals surface area contributed by atoms with Crippen LogP contribution >= 0.6 is 0 Å². The first-order valence-corrected chi connectivity index (χ1v) is 10.9. The van der Waals surface area contributed by atoms with Gasteiger partial charge in [-0.25, -0.2) is 14.4 Å². The predicted octanol–water partition coefficient (Wildman–Crippen LogP) is 4.09. The highest BCUT2D eigenvalue weighted by Gasteiger charge is 2.17. The van der Waals surface area contributed by atoms with Crippen LogP contribution in [-0.2, 0) is 0 Å². The lowest BCUT2D eigenvalue weighted by molar-refractivity contribution is 0.313. The summed E-state index contributed by atoms with van der Waals surface area (Å²) in [6, 6.07) is 13.2. The molecule has 8 heteroatoms. The standard InChI is InChI=1S/C25H25FN6O/c1-31-12-14-32(15-13-31)18-9-6-17(7-10-18)8-11-20-24-21(30-29-20)16-27-25(28-24)23-19(26)4-3-5-22(23)33-2/h3-11,16H,12-15H2,1-2H3,(H,29,30). The molecule has 2 aromatic heterocycles. The van der Waals surface area contributed by atoms with Gasteiger partial charge in [0.15, 0.2) is 5.82 Å². The number of aromatic nitrogens is 4. The smallest absolute Gasteiger partial charge is 0.166 e. The number of hydrogen-bond acceptors (Lipinski definition) is 6. The van der Waals surface area contributed by atoms with E-state index in [4.69, 9.17) is 4.74 Å². The SMILES string of the molecule is COc1cccc(F)c1-c1ncc2[nH]nc(C=Cc3ccc(N4CCN(C)CC4)cc3)c2n1. The zero-order chi connectivity index (χ0) is 22.8. The number of benzene rings is 2. The Morgan fingerprint density at radius 1 is 1.03 bits per heavy atom. The van der Waals surface area contributed by atoms with Gasteiger partial charge in [-0.1, -0.05) is 24.3 Å². The minimum atomic E-state index is -0.435. The Labute approximate surface area is 191 Å². The molecule has 0 unspecified atom stereocenters. The third-order valence-electron chi connectivity index (χ3n) is 5.94. The van der Waals surface area contributed by atoms with Gasteiger partial charge in [0.25, 0.3) is 0 Å². The first-order chi connectivity index (χ1) is 16.1. The summed E-state index contributed by atoms with van der Waals surface area (Å²) in [5.74, 6) is 0.204. The highest BCUT2D eigenvalue weighted by Crippen LogP contribution is 2.31. The second-order valence-corrected chi connectivity index (χ2v) is 8.10. The number of anilines is 1. The second-order valence-electron chi connectivity index (χ2n) is 8.10. The van der Waals surface area contributed by atoms with Gasteiger partial charge in [0.2, 0.25) is 0 Å². The number of likely N-dealkylation sites (N-methyl/N-ethyl adjacent to an activating group) is 1. The zero-order valence-corrected chi connectivity index (χ0v) is 18.6. The van der Waals surface area contributed by atoms with Crippen LogP contribution in [0.25, 0.3) is 34.6 Å². The van der Waals surface area contributed by atoms with Gasteiger partial charge in [0, 0.05) is 31.9 Å². The van der Waals surface area contributed by atoms with Crippen LogP contribution in [0.5, 0.6) is 5.75 Å². The van der Waals surface area contributed by atoms with Gasteiger partial charge in [-0.3, -0.25) is 5.10 Å². The number of aromatic amines is 1. The molecule has 168 valence electrons. The van der Waals surface area contributed by atoms with Crippen LogP contribution in [0.1, 0.15) is 11.3 Å². The van der Waals surface area contributed by atoms with E-state index in [9.17, 15) is 4.39 Å². The first kappa shape index (κ1) is 21.1. The number of piperazine rings is 1. The Morgan fingerprint density at radius 2 is 1.82 bits per heavy atom. The van der Waals surface area contributed by atoms with E-state index < -0.39 is 5.82 Å². The van der Waals surface area contributed by atoms with Gasteiger partial charge in [-0.2, -0.15) is 5.10 Å². The third-order valence-corrected chi connectivity index (χ3v) is 5.94. The van der Waals surface area contributed by atoms with Crippen molar-refractivity contribution in [3.8, 4) is 17.1 Å². The maximum Gasteiger partial charge on any atom is 0.166 e. The Kier molecular flexibility index (Phi) is 5.75. The van der Waals surface area contributed by atoms with Gasteiger partial charge in [-0.15, -0.1) is 0 Å². The lowest BCUT2D eigenvalue weighted by Crippen LogP contribution is -2.44. The van der Waals surface area contributed by atoms with Gasteiger partial charge in [0.05, 0.1) is 18.9 Å². The molecule has 0 saturated carbocycles. The molecule has 0 amide bonds. The summed E-state index contributed by atoms with van der Waals surface area (Å²) in [7, 11) is 3.66. The van der Waals surface area contributed by atoms with Crippen LogP contribution < -0.4 is 9.64 Å². The molecule has 1 N–H and O–H groups in total. The Balaban J connectivity index is 1.40. The number of H-pyrrole nitrogens is 1. The molecule has 33 heavy (non-hydrogen) atoms. The molecule has 1 fully saturated rings. The maximum atomic E-state index is 14.5. The van der Waals surface area contributed by atoms with Crippen molar-refractivity contribution >= 4 is 28.9 Å².